The largest absolute Gasteiger partial charge is 0.304 e. The molecule has 1 atom stereocenters. The number of rotatable bonds is 8. The van der Waals surface area contributed by atoms with Gasteiger partial charge in [0.2, 0.25) is 0 Å². The molecule has 0 heterocycles. The summed E-state index contributed by atoms with van der Waals surface area (Å²) in [6.45, 7) is 13.0. The zero-order chi connectivity index (χ0) is 10.1. The zero-order valence-corrected chi connectivity index (χ0v) is 9.97. The number of hydrogen-bond acceptors (Lipinski definition) is 1. The Morgan fingerprint density at radius 2 is 1.62 bits per heavy atom. The monoisotopic (exact) mass is 185 g/mol. The van der Waals surface area contributed by atoms with E-state index in [2.05, 4.69) is 32.6 Å². The van der Waals surface area contributed by atoms with Crippen LogP contribution >= 0.6 is 0 Å². The molecule has 1 nitrogen and oxygen atoms in total. The molecule has 0 fully saturated rings. The molecule has 0 radical (unpaired) electrons. The van der Waals surface area contributed by atoms with Crippen molar-refractivity contribution < 1.29 is 0 Å². The van der Waals surface area contributed by atoms with Gasteiger partial charge in [-0.2, -0.15) is 0 Å². The van der Waals surface area contributed by atoms with E-state index in [0.29, 0.717) is 0 Å². The predicted molar refractivity (Wildman–Crippen MR) is 61.1 cm³/mol. The van der Waals surface area contributed by atoms with Crippen molar-refractivity contribution in [3.63, 3.8) is 0 Å². The van der Waals surface area contributed by atoms with E-state index in [4.69, 9.17) is 0 Å². The Kier molecular flexibility index (Phi) is 8.53. The zero-order valence-electron chi connectivity index (χ0n) is 9.97. The van der Waals surface area contributed by atoms with Gasteiger partial charge in [0.05, 0.1) is 0 Å². The van der Waals surface area contributed by atoms with Crippen molar-refractivity contribution >= 4 is 0 Å². The summed E-state index contributed by atoms with van der Waals surface area (Å²) in [6, 6.07) is 0. The highest BCUT2D eigenvalue weighted by molar-refractivity contribution is 4.58. The van der Waals surface area contributed by atoms with Crippen LogP contribution in [0.5, 0.6) is 0 Å². The Hall–Kier alpha value is -0.0400. The van der Waals surface area contributed by atoms with Gasteiger partial charge >= 0.3 is 0 Å². The van der Waals surface area contributed by atoms with Gasteiger partial charge in [0, 0.05) is 0 Å². The van der Waals surface area contributed by atoms with E-state index in [1.165, 1.54) is 45.3 Å². The summed E-state index contributed by atoms with van der Waals surface area (Å²) in [5.74, 6) is 0.913. The van der Waals surface area contributed by atoms with Crippen LogP contribution < -0.4 is 0 Å². The number of hydrogen-bond donors (Lipinski definition) is 0. The van der Waals surface area contributed by atoms with Gasteiger partial charge in [-0.15, -0.1) is 0 Å². The van der Waals surface area contributed by atoms with Crippen LogP contribution in [0.2, 0.25) is 0 Å². The lowest BCUT2D eigenvalue weighted by Crippen LogP contribution is -2.26. The van der Waals surface area contributed by atoms with Crippen LogP contribution in [0.25, 0.3) is 0 Å². The summed E-state index contributed by atoms with van der Waals surface area (Å²) in [4.78, 5) is 2.56. The fourth-order valence-electron chi connectivity index (χ4n) is 1.78. The summed E-state index contributed by atoms with van der Waals surface area (Å²) < 4.78 is 0. The Morgan fingerprint density at radius 1 is 0.923 bits per heavy atom. The number of nitrogens with zero attached hydrogens (tertiary/aromatic N) is 1. The second-order valence-electron chi connectivity index (χ2n) is 4.12. The predicted octanol–water partition coefficient (Wildman–Crippen LogP) is 3.54. The van der Waals surface area contributed by atoms with Crippen molar-refractivity contribution in [2.75, 3.05) is 19.6 Å². The Bertz CT molecular complexity index is 101. The van der Waals surface area contributed by atoms with Crippen molar-refractivity contribution in [3.8, 4) is 0 Å². The fraction of sp³-hybridized carbons (Fsp3) is 1.00. The Balaban J connectivity index is 3.46. The Labute approximate surface area is 84.5 Å². The van der Waals surface area contributed by atoms with Gasteiger partial charge in [0.25, 0.3) is 0 Å². The lowest BCUT2D eigenvalue weighted by molar-refractivity contribution is 0.263. The van der Waals surface area contributed by atoms with Crippen molar-refractivity contribution in [2.24, 2.45) is 5.92 Å². The molecule has 80 valence electrons. The fourth-order valence-corrected chi connectivity index (χ4v) is 1.78. The van der Waals surface area contributed by atoms with Gasteiger partial charge in [0.1, 0.15) is 0 Å². The molecule has 1 heteroatoms. The summed E-state index contributed by atoms with van der Waals surface area (Å²) in [6.07, 6.45) is 5.39. The van der Waals surface area contributed by atoms with Crippen LogP contribution in [-0.2, 0) is 0 Å². The lowest BCUT2D eigenvalue weighted by atomic mass is 10.0. The topological polar surface area (TPSA) is 3.24 Å². The van der Waals surface area contributed by atoms with Crippen LogP contribution in [0.3, 0.4) is 0 Å². The maximum atomic E-state index is 2.56. The molecule has 0 bridgehead atoms. The van der Waals surface area contributed by atoms with E-state index >= 15 is 0 Å². The van der Waals surface area contributed by atoms with E-state index in [1.807, 2.05) is 0 Å². The van der Waals surface area contributed by atoms with Crippen LogP contribution in [0.1, 0.15) is 53.4 Å². The molecule has 0 amide bonds. The van der Waals surface area contributed by atoms with E-state index in [-0.39, 0.29) is 0 Å². The molecule has 0 N–H and O–H groups in total. The third-order valence-corrected chi connectivity index (χ3v) is 2.71. The third-order valence-electron chi connectivity index (χ3n) is 2.71. The molecule has 0 aromatic rings. The average molecular weight is 185 g/mol. The lowest BCUT2D eigenvalue weighted by Gasteiger charge is -2.21. The standard InChI is InChI=1S/C12H27N/c1-5-8-12(4)9-11-13(7-3)10-6-2/h12H,5-11H2,1-4H3. The van der Waals surface area contributed by atoms with Gasteiger partial charge in [0.15, 0.2) is 0 Å². The van der Waals surface area contributed by atoms with E-state index in [1.54, 1.807) is 0 Å². The highest BCUT2D eigenvalue weighted by Crippen LogP contribution is 2.10. The van der Waals surface area contributed by atoms with Crippen LogP contribution in [0.4, 0.5) is 0 Å². The van der Waals surface area contributed by atoms with Crippen LogP contribution in [-0.4, -0.2) is 24.5 Å². The first-order valence-electron chi connectivity index (χ1n) is 5.96. The molecule has 0 aromatic carbocycles. The minimum absolute atomic E-state index is 0.913. The molecule has 0 aliphatic heterocycles. The molecule has 0 aliphatic rings. The smallest absolute Gasteiger partial charge is 0.00163 e. The molecule has 0 aliphatic carbocycles. The van der Waals surface area contributed by atoms with Crippen LogP contribution in [0, 0.1) is 5.92 Å². The van der Waals surface area contributed by atoms with Gasteiger partial charge < -0.3 is 4.90 Å². The summed E-state index contributed by atoms with van der Waals surface area (Å²) >= 11 is 0. The summed E-state index contributed by atoms with van der Waals surface area (Å²) in [5.41, 5.74) is 0. The SMILES string of the molecule is CCCC(C)CCN(CC)CCC. The summed E-state index contributed by atoms with van der Waals surface area (Å²) in [7, 11) is 0. The maximum absolute atomic E-state index is 2.56. The first kappa shape index (κ1) is 13.0. The molecule has 0 saturated carbocycles. The van der Waals surface area contributed by atoms with E-state index < -0.39 is 0 Å². The maximum Gasteiger partial charge on any atom is -0.00163 e. The van der Waals surface area contributed by atoms with E-state index in [9.17, 15) is 0 Å². The Morgan fingerprint density at radius 3 is 2.08 bits per heavy atom. The first-order chi connectivity index (χ1) is 6.24. The van der Waals surface area contributed by atoms with Crippen molar-refractivity contribution in [3.05, 3.63) is 0 Å². The van der Waals surface area contributed by atoms with Gasteiger partial charge in [-0.3, -0.25) is 0 Å². The molecular formula is C12H27N. The minimum Gasteiger partial charge on any atom is -0.304 e. The van der Waals surface area contributed by atoms with Gasteiger partial charge in [-0.1, -0.05) is 40.5 Å². The molecular weight excluding hydrogens is 158 g/mol. The highest BCUT2D eigenvalue weighted by Gasteiger charge is 2.04. The average Bonchev–Trinajstić information content (AvgIpc) is 2.12. The van der Waals surface area contributed by atoms with Crippen molar-refractivity contribution in [2.45, 2.75) is 53.4 Å². The minimum atomic E-state index is 0.913. The molecule has 1 unspecified atom stereocenters. The van der Waals surface area contributed by atoms with Crippen molar-refractivity contribution in [1.29, 1.82) is 0 Å². The molecule has 0 saturated heterocycles. The van der Waals surface area contributed by atoms with E-state index in [0.717, 1.165) is 5.92 Å². The first-order valence-corrected chi connectivity index (χ1v) is 5.96. The second-order valence-corrected chi connectivity index (χ2v) is 4.12. The molecule has 13 heavy (non-hydrogen) atoms. The quantitative estimate of drug-likeness (QED) is 0.559. The van der Waals surface area contributed by atoms with Gasteiger partial charge in [-0.25, -0.2) is 0 Å². The highest BCUT2D eigenvalue weighted by atomic mass is 15.1. The van der Waals surface area contributed by atoms with Gasteiger partial charge in [-0.05, 0) is 38.4 Å². The summed E-state index contributed by atoms with van der Waals surface area (Å²) in [5, 5.41) is 0. The van der Waals surface area contributed by atoms with Crippen LogP contribution in [0.15, 0.2) is 0 Å². The third kappa shape index (κ3) is 7.06. The normalized spacial score (nSPS) is 13.6. The molecule has 0 rings (SSSR count). The molecule has 0 spiro atoms. The molecule has 0 aromatic heterocycles. The second kappa shape index (κ2) is 8.55. The van der Waals surface area contributed by atoms with Crippen molar-refractivity contribution in [1.82, 2.24) is 4.90 Å².